The highest BCUT2D eigenvalue weighted by molar-refractivity contribution is 5.24. The molecular formula is C9H15N3. The number of nitrogens with two attached hydrogens (primary N) is 1. The van der Waals surface area contributed by atoms with Crippen molar-refractivity contribution in [2.24, 2.45) is 5.73 Å². The summed E-state index contributed by atoms with van der Waals surface area (Å²) in [5.74, 6) is 0. The number of aromatic nitrogens is 2. The van der Waals surface area contributed by atoms with Gasteiger partial charge in [0.15, 0.2) is 0 Å². The van der Waals surface area contributed by atoms with Gasteiger partial charge < -0.3 is 5.73 Å². The Morgan fingerprint density at radius 2 is 2.42 bits per heavy atom. The summed E-state index contributed by atoms with van der Waals surface area (Å²) in [6.07, 6.45) is 7.34. The van der Waals surface area contributed by atoms with Gasteiger partial charge in [-0.25, -0.2) is 0 Å². The van der Waals surface area contributed by atoms with E-state index in [4.69, 9.17) is 5.73 Å². The van der Waals surface area contributed by atoms with Crippen LogP contribution < -0.4 is 5.73 Å². The number of hydrogen-bond donors (Lipinski definition) is 1. The van der Waals surface area contributed by atoms with Crippen molar-refractivity contribution >= 4 is 0 Å². The first-order valence-electron chi connectivity index (χ1n) is 4.56. The van der Waals surface area contributed by atoms with E-state index in [2.05, 4.69) is 18.2 Å². The van der Waals surface area contributed by atoms with Crippen molar-refractivity contribution in [3.8, 4) is 0 Å². The molecule has 0 aromatic carbocycles. The molecule has 1 aromatic rings. The zero-order valence-corrected chi connectivity index (χ0v) is 7.45. The smallest absolute Gasteiger partial charge is 0.0540 e. The number of hydrogen-bond acceptors (Lipinski definition) is 2. The summed E-state index contributed by atoms with van der Waals surface area (Å²) >= 11 is 0. The number of aryl methyl sites for hydroxylation is 1. The molecule has 3 nitrogen and oxygen atoms in total. The first-order chi connectivity index (χ1) is 5.74. The van der Waals surface area contributed by atoms with Crippen molar-refractivity contribution in [2.45, 2.75) is 38.3 Å². The fourth-order valence-corrected chi connectivity index (χ4v) is 1.40. The van der Waals surface area contributed by atoms with E-state index in [0.717, 1.165) is 25.8 Å². The largest absolute Gasteiger partial charge is 0.321 e. The minimum Gasteiger partial charge on any atom is -0.321 e. The standard InChI is InChI=1S/C9H15N3/c1-2-5-12-7-8(6-11-12)9(10)3-4-9/h6-7H,2-5,10H2,1H3. The lowest BCUT2D eigenvalue weighted by molar-refractivity contribution is 0.600. The fraction of sp³-hybridized carbons (Fsp3) is 0.667. The van der Waals surface area contributed by atoms with E-state index in [0.29, 0.717) is 0 Å². The van der Waals surface area contributed by atoms with Crippen molar-refractivity contribution in [1.82, 2.24) is 9.78 Å². The maximum Gasteiger partial charge on any atom is 0.0540 e. The molecule has 1 heterocycles. The van der Waals surface area contributed by atoms with Gasteiger partial charge in [0.1, 0.15) is 0 Å². The molecule has 1 fully saturated rings. The number of rotatable bonds is 3. The summed E-state index contributed by atoms with van der Waals surface area (Å²) in [6, 6.07) is 0. The Balaban J connectivity index is 2.13. The third-order valence-electron chi connectivity index (χ3n) is 2.45. The van der Waals surface area contributed by atoms with E-state index >= 15 is 0 Å². The molecular weight excluding hydrogens is 150 g/mol. The average molecular weight is 165 g/mol. The van der Waals surface area contributed by atoms with Crippen LogP contribution in [-0.4, -0.2) is 9.78 Å². The van der Waals surface area contributed by atoms with Gasteiger partial charge in [-0.05, 0) is 19.3 Å². The molecule has 2 N–H and O–H groups in total. The molecule has 0 saturated heterocycles. The minimum atomic E-state index is -0.0218. The second kappa shape index (κ2) is 2.59. The Hall–Kier alpha value is -0.830. The lowest BCUT2D eigenvalue weighted by Crippen LogP contribution is -2.17. The summed E-state index contributed by atoms with van der Waals surface area (Å²) in [6.45, 7) is 3.15. The third-order valence-corrected chi connectivity index (χ3v) is 2.45. The predicted molar refractivity (Wildman–Crippen MR) is 47.6 cm³/mol. The lowest BCUT2D eigenvalue weighted by atomic mass is 10.1. The van der Waals surface area contributed by atoms with Gasteiger partial charge in [0.05, 0.1) is 6.20 Å². The van der Waals surface area contributed by atoms with Crippen LogP contribution >= 0.6 is 0 Å². The Kier molecular flexibility index (Phi) is 1.68. The van der Waals surface area contributed by atoms with E-state index in [1.54, 1.807) is 0 Å². The van der Waals surface area contributed by atoms with Crippen LogP contribution in [0, 0.1) is 0 Å². The van der Waals surface area contributed by atoms with E-state index in [1.807, 2.05) is 10.9 Å². The molecule has 1 aromatic heterocycles. The van der Waals surface area contributed by atoms with Crippen LogP contribution in [0.2, 0.25) is 0 Å². The quantitative estimate of drug-likeness (QED) is 0.732. The fourth-order valence-electron chi connectivity index (χ4n) is 1.40. The van der Waals surface area contributed by atoms with Crippen LogP contribution in [0.25, 0.3) is 0 Å². The Morgan fingerprint density at radius 3 is 3.00 bits per heavy atom. The van der Waals surface area contributed by atoms with E-state index in [9.17, 15) is 0 Å². The molecule has 0 unspecified atom stereocenters. The molecule has 1 aliphatic rings. The minimum absolute atomic E-state index is 0.0218. The van der Waals surface area contributed by atoms with Crippen molar-refractivity contribution in [2.75, 3.05) is 0 Å². The molecule has 3 heteroatoms. The van der Waals surface area contributed by atoms with Crippen molar-refractivity contribution in [3.05, 3.63) is 18.0 Å². The van der Waals surface area contributed by atoms with Crippen LogP contribution in [-0.2, 0) is 12.1 Å². The highest BCUT2D eigenvalue weighted by atomic mass is 15.3. The molecule has 0 atom stereocenters. The molecule has 0 amide bonds. The van der Waals surface area contributed by atoms with E-state index in [-0.39, 0.29) is 5.54 Å². The van der Waals surface area contributed by atoms with Gasteiger partial charge in [-0.15, -0.1) is 0 Å². The molecule has 0 radical (unpaired) electrons. The van der Waals surface area contributed by atoms with Gasteiger partial charge in [0, 0.05) is 23.8 Å². The van der Waals surface area contributed by atoms with Crippen molar-refractivity contribution < 1.29 is 0 Å². The Labute approximate surface area is 72.6 Å². The molecule has 0 aliphatic heterocycles. The van der Waals surface area contributed by atoms with Crippen molar-refractivity contribution in [1.29, 1.82) is 0 Å². The first-order valence-corrected chi connectivity index (χ1v) is 4.56. The maximum atomic E-state index is 6.02. The second-order valence-electron chi connectivity index (χ2n) is 3.65. The molecule has 0 bridgehead atoms. The monoisotopic (exact) mass is 165 g/mol. The predicted octanol–water partition coefficient (Wildman–Crippen LogP) is 1.24. The molecule has 2 rings (SSSR count). The van der Waals surface area contributed by atoms with Gasteiger partial charge in [0.25, 0.3) is 0 Å². The summed E-state index contributed by atoms with van der Waals surface area (Å²) in [4.78, 5) is 0. The molecule has 0 spiro atoms. The summed E-state index contributed by atoms with van der Waals surface area (Å²) in [7, 11) is 0. The first kappa shape index (κ1) is 7.80. The maximum absolute atomic E-state index is 6.02. The lowest BCUT2D eigenvalue weighted by Gasteiger charge is -2.02. The number of nitrogens with zero attached hydrogens (tertiary/aromatic N) is 2. The second-order valence-corrected chi connectivity index (χ2v) is 3.65. The zero-order valence-electron chi connectivity index (χ0n) is 7.45. The van der Waals surface area contributed by atoms with Gasteiger partial charge in [-0.1, -0.05) is 6.92 Å². The van der Waals surface area contributed by atoms with Crippen LogP contribution in [0.3, 0.4) is 0 Å². The van der Waals surface area contributed by atoms with Gasteiger partial charge in [-0.3, -0.25) is 4.68 Å². The molecule has 1 saturated carbocycles. The van der Waals surface area contributed by atoms with Crippen LogP contribution in [0.1, 0.15) is 31.7 Å². The molecule has 1 aliphatic carbocycles. The van der Waals surface area contributed by atoms with Crippen LogP contribution in [0.4, 0.5) is 0 Å². The highest BCUT2D eigenvalue weighted by Crippen LogP contribution is 2.42. The normalized spacial score (nSPS) is 19.5. The third kappa shape index (κ3) is 1.25. The van der Waals surface area contributed by atoms with Crippen molar-refractivity contribution in [3.63, 3.8) is 0 Å². The van der Waals surface area contributed by atoms with Crippen LogP contribution in [0.15, 0.2) is 12.4 Å². The zero-order chi connectivity index (χ0) is 8.60. The Bertz CT molecular complexity index is 273. The molecule has 66 valence electrons. The summed E-state index contributed by atoms with van der Waals surface area (Å²) in [5.41, 5.74) is 7.21. The molecule has 12 heavy (non-hydrogen) atoms. The SMILES string of the molecule is CCCn1cc(C2(N)CC2)cn1. The van der Waals surface area contributed by atoms with E-state index in [1.165, 1.54) is 5.56 Å². The Morgan fingerprint density at radius 1 is 1.67 bits per heavy atom. The van der Waals surface area contributed by atoms with Gasteiger partial charge in [0.2, 0.25) is 0 Å². The highest BCUT2D eigenvalue weighted by Gasteiger charge is 2.40. The van der Waals surface area contributed by atoms with Crippen LogP contribution in [0.5, 0.6) is 0 Å². The van der Waals surface area contributed by atoms with Gasteiger partial charge >= 0.3 is 0 Å². The average Bonchev–Trinajstić information content (AvgIpc) is 2.64. The van der Waals surface area contributed by atoms with E-state index < -0.39 is 0 Å². The van der Waals surface area contributed by atoms with Gasteiger partial charge in [-0.2, -0.15) is 5.10 Å². The summed E-state index contributed by atoms with van der Waals surface area (Å²) in [5, 5.41) is 4.25. The topological polar surface area (TPSA) is 43.8 Å². The summed E-state index contributed by atoms with van der Waals surface area (Å²) < 4.78 is 1.97.